The molecule has 7 heteroatoms. The average molecular weight is 396 g/mol. The number of halogens is 2. The Balaban J connectivity index is 2.01. The Labute approximate surface area is 168 Å². The summed E-state index contributed by atoms with van der Waals surface area (Å²) in [5, 5.41) is 3.33. The van der Waals surface area contributed by atoms with E-state index in [9.17, 15) is 8.78 Å². The molecule has 1 aliphatic heterocycles. The smallest absolute Gasteiger partial charge is 0.193 e. The number of aliphatic imine (C=N–C) groups is 1. The third kappa shape index (κ3) is 5.64. The second-order valence-electron chi connectivity index (χ2n) is 7.63. The molecule has 1 aromatic rings. The lowest BCUT2D eigenvalue weighted by Gasteiger charge is -2.29. The molecule has 0 spiro atoms. The van der Waals surface area contributed by atoms with Crippen LogP contribution in [0, 0.1) is 17.6 Å². The van der Waals surface area contributed by atoms with Gasteiger partial charge in [0.15, 0.2) is 5.96 Å². The fraction of sp³-hybridized carbons (Fsp3) is 0.667. The molecule has 1 aliphatic rings. The monoisotopic (exact) mass is 395 g/mol. The van der Waals surface area contributed by atoms with Crippen LogP contribution in [0.3, 0.4) is 0 Å². The maximum absolute atomic E-state index is 14.3. The Kier molecular flexibility index (Phi) is 8.63. The van der Waals surface area contributed by atoms with Gasteiger partial charge in [0.2, 0.25) is 0 Å². The summed E-state index contributed by atoms with van der Waals surface area (Å²) >= 11 is 0. The number of hydrogen-bond donors (Lipinski definition) is 1. The molecule has 0 saturated carbocycles. The van der Waals surface area contributed by atoms with Crippen LogP contribution in [0.25, 0.3) is 0 Å². The Morgan fingerprint density at radius 1 is 1.25 bits per heavy atom. The molecule has 0 bridgehead atoms. The van der Waals surface area contributed by atoms with E-state index in [1.165, 1.54) is 18.2 Å². The summed E-state index contributed by atoms with van der Waals surface area (Å²) in [4.78, 5) is 10.9. The second kappa shape index (κ2) is 10.7. The van der Waals surface area contributed by atoms with Gasteiger partial charge in [-0.1, -0.05) is 19.9 Å². The van der Waals surface area contributed by atoms with Gasteiger partial charge in [0, 0.05) is 38.8 Å². The quantitative estimate of drug-likeness (QED) is 0.542. The predicted molar refractivity (Wildman–Crippen MR) is 112 cm³/mol. The van der Waals surface area contributed by atoms with Crippen molar-refractivity contribution < 1.29 is 8.78 Å². The number of benzene rings is 1. The molecular weight excluding hydrogens is 360 g/mol. The van der Waals surface area contributed by atoms with Gasteiger partial charge in [-0.05, 0) is 51.7 Å². The van der Waals surface area contributed by atoms with Crippen LogP contribution in [0.2, 0.25) is 0 Å². The molecule has 1 aromatic carbocycles. The van der Waals surface area contributed by atoms with Crippen molar-refractivity contribution in [3.05, 3.63) is 35.4 Å². The first-order chi connectivity index (χ1) is 13.4. The maximum atomic E-state index is 14.3. The number of likely N-dealkylation sites (tertiary alicyclic amines) is 1. The van der Waals surface area contributed by atoms with E-state index < -0.39 is 17.7 Å². The van der Waals surface area contributed by atoms with E-state index in [-0.39, 0.29) is 5.56 Å². The van der Waals surface area contributed by atoms with Crippen LogP contribution in [-0.4, -0.2) is 81.1 Å². The van der Waals surface area contributed by atoms with Gasteiger partial charge in [0.25, 0.3) is 0 Å². The van der Waals surface area contributed by atoms with E-state index in [2.05, 4.69) is 34.0 Å². The first-order valence-corrected chi connectivity index (χ1v) is 10.2. The van der Waals surface area contributed by atoms with Gasteiger partial charge in [0.1, 0.15) is 11.6 Å². The van der Waals surface area contributed by atoms with Crippen LogP contribution >= 0.6 is 0 Å². The SMILES string of the molecule is CCN(CC)CC1CCN(C(=NC)NCC(c2c(F)cccc2F)N(C)C)C1. The van der Waals surface area contributed by atoms with Crippen LogP contribution in [0.4, 0.5) is 8.78 Å². The number of rotatable bonds is 8. The number of nitrogens with zero attached hydrogens (tertiary/aromatic N) is 4. The van der Waals surface area contributed by atoms with Crippen molar-refractivity contribution in [2.24, 2.45) is 10.9 Å². The molecule has 0 amide bonds. The van der Waals surface area contributed by atoms with Gasteiger partial charge in [-0.15, -0.1) is 0 Å². The van der Waals surface area contributed by atoms with Gasteiger partial charge in [0.05, 0.1) is 6.04 Å². The Bertz CT molecular complexity index is 625. The first kappa shape index (κ1) is 22.6. The fourth-order valence-corrected chi connectivity index (χ4v) is 3.91. The molecule has 1 heterocycles. The Morgan fingerprint density at radius 3 is 2.43 bits per heavy atom. The lowest BCUT2D eigenvalue weighted by molar-refractivity contribution is 0.254. The van der Waals surface area contributed by atoms with Crippen LogP contribution in [0.15, 0.2) is 23.2 Å². The van der Waals surface area contributed by atoms with Crippen LogP contribution < -0.4 is 5.32 Å². The number of likely N-dealkylation sites (N-methyl/N-ethyl adjacent to an activating group) is 1. The van der Waals surface area contributed by atoms with E-state index >= 15 is 0 Å². The molecular formula is C21H35F2N5. The topological polar surface area (TPSA) is 34.1 Å². The number of guanidine groups is 1. The molecule has 158 valence electrons. The summed E-state index contributed by atoms with van der Waals surface area (Å²) in [5.41, 5.74) is 0.0938. The van der Waals surface area contributed by atoms with Gasteiger partial charge in [-0.2, -0.15) is 0 Å². The summed E-state index contributed by atoms with van der Waals surface area (Å²) in [7, 11) is 5.42. The summed E-state index contributed by atoms with van der Waals surface area (Å²) in [6.45, 7) is 9.91. The highest BCUT2D eigenvalue weighted by atomic mass is 19.1. The summed E-state index contributed by atoms with van der Waals surface area (Å²) in [6, 6.07) is 3.59. The van der Waals surface area contributed by atoms with E-state index in [1.54, 1.807) is 7.05 Å². The van der Waals surface area contributed by atoms with Gasteiger partial charge in [-0.25, -0.2) is 8.78 Å². The molecule has 0 radical (unpaired) electrons. The zero-order valence-electron chi connectivity index (χ0n) is 17.9. The summed E-state index contributed by atoms with van der Waals surface area (Å²) in [6.07, 6.45) is 1.14. The van der Waals surface area contributed by atoms with Crippen molar-refractivity contribution in [3.63, 3.8) is 0 Å². The minimum Gasteiger partial charge on any atom is -0.354 e. The normalized spacial score (nSPS) is 19.0. The lowest BCUT2D eigenvalue weighted by atomic mass is 10.0. The largest absolute Gasteiger partial charge is 0.354 e. The van der Waals surface area contributed by atoms with Crippen molar-refractivity contribution in [2.45, 2.75) is 26.3 Å². The van der Waals surface area contributed by atoms with Crippen molar-refractivity contribution >= 4 is 5.96 Å². The number of hydrogen-bond acceptors (Lipinski definition) is 3. The third-order valence-corrected chi connectivity index (χ3v) is 5.62. The lowest BCUT2D eigenvalue weighted by Crippen LogP contribution is -2.44. The molecule has 0 aliphatic carbocycles. The molecule has 1 N–H and O–H groups in total. The molecule has 1 saturated heterocycles. The standard InChI is InChI=1S/C21H35F2N5/c1-6-27(7-2)14-16-11-12-28(15-16)21(24-3)25-13-19(26(4)5)20-17(22)9-8-10-18(20)23/h8-10,16,19H,6-7,11-15H2,1-5H3,(H,24,25). The maximum Gasteiger partial charge on any atom is 0.193 e. The molecule has 2 atom stereocenters. The molecule has 2 rings (SSSR count). The van der Waals surface area contributed by atoms with Crippen molar-refractivity contribution in [3.8, 4) is 0 Å². The highest BCUT2D eigenvalue weighted by Crippen LogP contribution is 2.24. The molecule has 28 heavy (non-hydrogen) atoms. The van der Waals surface area contributed by atoms with E-state index in [0.29, 0.717) is 12.5 Å². The minimum absolute atomic E-state index is 0.0938. The third-order valence-electron chi connectivity index (χ3n) is 5.62. The molecule has 0 aromatic heterocycles. The van der Waals surface area contributed by atoms with Crippen molar-refractivity contribution in [1.29, 1.82) is 0 Å². The fourth-order valence-electron chi connectivity index (χ4n) is 3.91. The summed E-state index contributed by atoms with van der Waals surface area (Å²) in [5.74, 6) is 0.379. The summed E-state index contributed by atoms with van der Waals surface area (Å²) < 4.78 is 28.5. The van der Waals surface area contributed by atoms with Crippen LogP contribution in [0.5, 0.6) is 0 Å². The van der Waals surface area contributed by atoms with Gasteiger partial charge >= 0.3 is 0 Å². The average Bonchev–Trinajstić information content (AvgIpc) is 3.13. The predicted octanol–water partition coefficient (Wildman–Crippen LogP) is 2.81. The van der Waals surface area contributed by atoms with Gasteiger partial charge in [-0.3, -0.25) is 4.99 Å². The first-order valence-electron chi connectivity index (χ1n) is 10.2. The van der Waals surface area contributed by atoms with E-state index in [4.69, 9.17) is 0 Å². The Hall–Kier alpha value is -1.73. The highest BCUT2D eigenvalue weighted by molar-refractivity contribution is 5.80. The van der Waals surface area contributed by atoms with E-state index in [1.807, 2.05) is 19.0 Å². The molecule has 2 unspecified atom stereocenters. The van der Waals surface area contributed by atoms with E-state index in [0.717, 1.165) is 45.1 Å². The van der Waals surface area contributed by atoms with Crippen LogP contribution in [0.1, 0.15) is 31.9 Å². The molecule has 5 nitrogen and oxygen atoms in total. The van der Waals surface area contributed by atoms with Crippen LogP contribution in [-0.2, 0) is 0 Å². The zero-order valence-corrected chi connectivity index (χ0v) is 17.9. The van der Waals surface area contributed by atoms with Crippen molar-refractivity contribution in [1.82, 2.24) is 20.0 Å². The highest BCUT2D eigenvalue weighted by Gasteiger charge is 2.27. The molecule has 1 fully saturated rings. The van der Waals surface area contributed by atoms with Gasteiger partial charge < -0.3 is 20.0 Å². The number of nitrogens with one attached hydrogen (secondary N) is 1. The Morgan fingerprint density at radius 2 is 1.89 bits per heavy atom. The van der Waals surface area contributed by atoms with Crippen molar-refractivity contribution in [2.75, 3.05) is 60.4 Å². The minimum atomic E-state index is -0.518. The second-order valence-corrected chi connectivity index (χ2v) is 7.63. The zero-order chi connectivity index (χ0) is 20.7.